The van der Waals surface area contributed by atoms with Gasteiger partial charge >= 0.3 is 0 Å². The normalized spacial score (nSPS) is 10.9. The predicted octanol–water partition coefficient (Wildman–Crippen LogP) is 1.53. The second kappa shape index (κ2) is 4.33. The topological polar surface area (TPSA) is 44.9 Å². The average Bonchev–Trinajstić information content (AvgIpc) is 2.57. The van der Waals surface area contributed by atoms with Gasteiger partial charge in [-0.1, -0.05) is 18.2 Å². The van der Waals surface area contributed by atoms with E-state index in [1.54, 1.807) is 0 Å². The lowest BCUT2D eigenvalue weighted by molar-refractivity contribution is 0.362. The number of para-hydroxylation sites is 1. The number of benzene rings is 1. The van der Waals surface area contributed by atoms with Gasteiger partial charge in [0.15, 0.2) is 0 Å². The van der Waals surface area contributed by atoms with Gasteiger partial charge in [-0.15, -0.1) is 0 Å². The van der Waals surface area contributed by atoms with Crippen molar-refractivity contribution < 1.29 is 0 Å². The first-order valence-electron chi connectivity index (χ1n) is 5.18. The minimum absolute atomic E-state index is 0.422. The van der Waals surface area contributed by atoms with Crippen molar-refractivity contribution in [2.45, 2.75) is 6.54 Å². The zero-order valence-electron chi connectivity index (χ0n) is 9.51. The van der Waals surface area contributed by atoms with E-state index in [9.17, 15) is 0 Å². The van der Waals surface area contributed by atoms with Crippen molar-refractivity contribution in [3.63, 3.8) is 0 Å². The van der Waals surface area contributed by atoms with Gasteiger partial charge < -0.3 is 0 Å². The van der Waals surface area contributed by atoms with E-state index in [-0.39, 0.29) is 0 Å². The molecule has 2 aromatic rings. The first kappa shape index (κ1) is 10.7. The van der Waals surface area contributed by atoms with Crippen molar-refractivity contribution in [2.75, 3.05) is 13.6 Å². The lowest BCUT2D eigenvalue weighted by Gasteiger charge is -2.09. The van der Waals surface area contributed by atoms with E-state index in [4.69, 9.17) is 5.26 Å². The number of hydrogen-bond donors (Lipinski definition) is 0. The molecule has 0 amide bonds. The first-order valence-corrected chi connectivity index (χ1v) is 5.18. The lowest BCUT2D eigenvalue weighted by Crippen LogP contribution is -2.18. The number of aryl methyl sites for hydroxylation is 1. The summed E-state index contributed by atoms with van der Waals surface area (Å²) < 4.78 is 1.88. The molecule has 1 heterocycles. The third-order valence-corrected chi connectivity index (χ3v) is 2.59. The molecule has 0 spiro atoms. The second-order valence-electron chi connectivity index (χ2n) is 3.92. The second-order valence-corrected chi connectivity index (χ2v) is 3.92. The molecule has 2 rings (SSSR count). The van der Waals surface area contributed by atoms with Gasteiger partial charge in [-0.25, -0.2) is 0 Å². The van der Waals surface area contributed by atoms with Crippen molar-refractivity contribution in [1.29, 1.82) is 5.26 Å². The summed E-state index contributed by atoms with van der Waals surface area (Å²) in [6.07, 6.45) is 0. The van der Waals surface area contributed by atoms with Crippen LogP contribution in [-0.2, 0) is 13.6 Å². The molecule has 0 aliphatic carbocycles. The maximum atomic E-state index is 8.62. The van der Waals surface area contributed by atoms with Crippen molar-refractivity contribution in [3.8, 4) is 6.07 Å². The fourth-order valence-corrected chi connectivity index (χ4v) is 1.84. The zero-order valence-corrected chi connectivity index (χ0v) is 9.51. The molecule has 16 heavy (non-hydrogen) atoms. The van der Waals surface area contributed by atoms with Crippen LogP contribution in [0.5, 0.6) is 0 Å². The lowest BCUT2D eigenvalue weighted by atomic mass is 10.2. The van der Waals surface area contributed by atoms with Crippen molar-refractivity contribution in [3.05, 3.63) is 30.0 Å². The molecule has 1 aromatic heterocycles. The van der Waals surface area contributed by atoms with Crippen LogP contribution >= 0.6 is 0 Å². The number of rotatable bonds is 3. The molecule has 0 radical (unpaired) electrons. The van der Waals surface area contributed by atoms with Crippen LogP contribution in [0.25, 0.3) is 10.9 Å². The standard InChI is InChI=1S/C12H14N4/c1-15(8-7-13)9-11-10-5-3-4-6-12(10)16(2)14-11/h3-6H,8-9H2,1-2H3. The highest BCUT2D eigenvalue weighted by atomic mass is 15.3. The number of fused-ring (bicyclic) bond motifs is 1. The summed E-state index contributed by atoms with van der Waals surface area (Å²) in [5.41, 5.74) is 2.15. The molecule has 0 N–H and O–H groups in total. The molecule has 0 saturated heterocycles. The summed E-state index contributed by atoms with van der Waals surface area (Å²) in [6.45, 7) is 1.12. The third kappa shape index (κ3) is 1.90. The Morgan fingerprint density at radius 2 is 2.19 bits per heavy atom. The highest BCUT2D eigenvalue weighted by Crippen LogP contribution is 2.18. The number of hydrogen-bond acceptors (Lipinski definition) is 3. The summed E-state index contributed by atoms with van der Waals surface area (Å²) in [5.74, 6) is 0. The maximum absolute atomic E-state index is 8.62. The SMILES string of the molecule is CN(CC#N)Cc1nn(C)c2ccccc12. The number of nitriles is 1. The molecular formula is C12H14N4. The van der Waals surface area contributed by atoms with Gasteiger partial charge in [0.2, 0.25) is 0 Å². The fraction of sp³-hybridized carbons (Fsp3) is 0.333. The van der Waals surface area contributed by atoms with E-state index in [1.807, 2.05) is 35.8 Å². The molecule has 4 heteroatoms. The average molecular weight is 214 g/mol. The van der Waals surface area contributed by atoms with Crippen LogP contribution in [0, 0.1) is 11.3 Å². The smallest absolute Gasteiger partial charge is 0.0866 e. The molecule has 1 aromatic carbocycles. The Labute approximate surface area is 94.7 Å². The van der Waals surface area contributed by atoms with Crippen LogP contribution < -0.4 is 0 Å². The Morgan fingerprint density at radius 3 is 2.94 bits per heavy atom. The Morgan fingerprint density at radius 1 is 1.44 bits per heavy atom. The zero-order chi connectivity index (χ0) is 11.5. The van der Waals surface area contributed by atoms with Gasteiger partial charge in [0, 0.05) is 19.0 Å². The van der Waals surface area contributed by atoms with Gasteiger partial charge in [-0.2, -0.15) is 10.4 Å². The van der Waals surface area contributed by atoms with Gasteiger partial charge in [0.1, 0.15) is 0 Å². The molecule has 0 fully saturated rings. The summed E-state index contributed by atoms with van der Waals surface area (Å²) >= 11 is 0. The van der Waals surface area contributed by atoms with Crippen molar-refractivity contribution in [2.24, 2.45) is 7.05 Å². The van der Waals surface area contributed by atoms with Crippen molar-refractivity contribution in [1.82, 2.24) is 14.7 Å². The van der Waals surface area contributed by atoms with E-state index in [0.29, 0.717) is 13.1 Å². The molecule has 0 bridgehead atoms. The summed E-state index contributed by atoms with van der Waals surface area (Å²) in [5, 5.41) is 14.3. The van der Waals surface area contributed by atoms with Crippen LogP contribution in [-0.4, -0.2) is 28.3 Å². The highest BCUT2D eigenvalue weighted by molar-refractivity contribution is 5.81. The van der Waals surface area contributed by atoms with E-state index >= 15 is 0 Å². The Balaban J connectivity index is 2.35. The van der Waals surface area contributed by atoms with Crippen LogP contribution in [0.1, 0.15) is 5.69 Å². The van der Waals surface area contributed by atoms with Gasteiger partial charge in [-0.3, -0.25) is 9.58 Å². The van der Waals surface area contributed by atoms with E-state index in [2.05, 4.69) is 23.3 Å². The minimum atomic E-state index is 0.422. The largest absolute Gasteiger partial charge is 0.288 e. The van der Waals surface area contributed by atoms with E-state index < -0.39 is 0 Å². The molecule has 0 unspecified atom stereocenters. The molecule has 82 valence electrons. The molecule has 0 saturated carbocycles. The predicted molar refractivity (Wildman–Crippen MR) is 62.7 cm³/mol. The van der Waals surface area contributed by atoms with Crippen LogP contribution in [0.15, 0.2) is 24.3 Å². The number of aromatic nitrogens is 2. The minimum Gasteiger partial charge on any atom is -0.288 e. The Hall–Kier alpha value is -1.86. The fourth-order valence-electron chi connectivity index (χ4n) is 1.84. The quantitative estimate of drug-likeness (QED) is 0.728. The maximum Gasteiger partial charge on any atom is 0.0866 e. The summed E-state index contributed by atoms with van der Waals surface area (Å²) in [4.78, 5) is 1.95. The molecule has 0 aliphatic heterocycles. The molecule has 0 aliphatic rings. The highest BCUT2D eigenvalue weighted by Gasteiger charge is 2.09. The van der Waals surface area contributed by atoms with Crippen molar-refractivity contribution >= 4 is 10.9 Å². The van der Waals surface area contributed by atoms with Gasteiger partial charge in [0.05, 0.1) is 23.8 Å². The molecule has 0 atom stereocenters. The summed E-state index contributed by atoms with van der Waals surface area (Å²) in [6, 6.07) is 10.3. The molecule has 4 nitrogen and oxygen atoms in total. The first-order chi connectivity index (χ1) is 7.72. The van der Waals surface area contributed by atoms with Crippen LogP contribution in [0.3, 0.4) is 0 Å². The monoisotopic (exact) mass is 214 g/mol. The van der Waals surface area contributed by atoms with Crippen LogP contribution in [0.2, 0.25) is 0 Å². The third-order valence-electron chi connectivity index (χ3n) is 2.59. The van der Waals surface area contributed by atoms with Crippen LogP contribution in [0.4, 0.5) is 0 Å². The van der Waals surface area contributed by atoms with E-state index in [0.717, 1.165) is 16.6 Å². The Bertz CT molecular complexity index is 535. The Kier molecular flexibility index (Phi) is 2.88. The summed E-state index contributed by atoms with van der Waals surface area (Å²) in [7, 11) is 3.86. The van der Waals surface area contributed by atoms with Gasteiger partial charge in [-0.05, 0) is 13.1 Å². The van der Waals surface area contributed by atoms with E-state index in [1.165, 1.54) is 0 Å². The van der Waals surface area contributed by atoms with Gasteiger partial charge in [0.25, 0.3) is 0 Å². The molecular weight excluding hydrogens is 200 g/mol. The number of nitrogens with zero attached hydrogens (tertiary/aromatic N) is 4.